The van der Waals surface area contributed by atoms with E-state index in [1.54, 1.807) is 31.7 Å². The molecule has 4 unspecified atom stereocenters. The van der Waals surface area contributed by atoms with Crippen molar-refractivity contribution in [1.29, 1.82) is 0 Å². The fourth-order valence-corrected chi connectivity index (χ4v) is 5.94. The van der Waals surface area contributed by atoms with Crippen molar-refractivity contribution in [2.75, 3.05) is 33.4 Å². The van der Waals surface area contributed by atoms with Gasteiger partial charge in [-0.1, -0.05) is 24.3 Å². The molecule has 2 N–H and O–H groups in total. The van der Waals surface area contributed by atoms with Crippen LogP contribution < -0.4 is 5.43 Å². The molecule has 10 heteroatoms. The quantitative estimate of drug-likeness (QED) is 0.498. The van der Waals surface area contributed by atoms with Gasteiger partial charge in [0.2, 0.25) is 0 Å². The van der Waals surface area contributed by atoms with Crippen molar-refractivity contribution in [3.05, 3.63) is 76.6 Å². The van der Waals surface area contributed by atoms with Crippen LogP contribution in [0.1, 0.15) is 41.1 Å². The van der Waals surface area contributed by atoms with Crippen molar-refractivity contribution in [3.8, 4) is 0 Å². The summed E-state index contributed by atoms with van der Waals surface area (Å²) in [7, 11) is 1.62. The van der Waals surface area contributed by atoms with Crippen LogP contribution in [-0.2, 0) is 10.9 Å². The zero-order valence-electron chi connectivity index (χ0n) is 22.1. The maximum atomic E-state index is 13.9. The minimum Gasteiger partial charge on any atom is -0.388 e. The third-order valence-electron chi connectivity index (χ3n) is 7.91. The zero-order chi connectivity index (χ0) is 27.6. The first kappa shape index (κ1) is 27.5. The second kappa shape index (κ2) is 11.6. The largest absolute Gasteiger partial charge is 0.416 e. The van der Waals surface area contributed by atoms with Crippen LogP contribution in [0.4, 0.5) is 13.2 Å². The molecule has 0 bridgehead atoms. The Morgan fingerprint density at radius 1 is 1.21 bits per heavy atom. The molecule has 5 rings (SSSR count). The van der Waals surface area contributed by atoms with Crippen molar-refractivity contribution in [1.82, 2.24) is 15.3 Å². The van der Waals surface area contributed by atoms with Gasteiger partial charge in [0.05, 0.1) is 29.9 Å². The molecule has 7 nitrogen and oxygen atoms in total. The molecule has 1 saturated heterocycles. The Bertz CT molecular complexity index is 1260. The maximum Gasteiger partial charge on any atom is 0.416 e. The number of fused-ring (bicyclic) bond motifs is 1. The van der Waals surface area contributed by atoms with E-state index in [1.165, 1.54) is 6.07 Å². The van der Waals surface area contributed by atoms with E-state index < -0.39 is 17.8 Å². The van der Waals surface area contributed by atoms with Gasteiger partial charge in [0.1, 0.15) is 6.17 Å². The van der Waals surface area contributed by atoms with E-state index in [9.17, 15) is 18.3 Å². The average molecular weight is 542 g/mol. The lowest BCUT2D eigenvalue weighted by Crippen LogP contribution is -2.31. The molecular formula is C29H34F3N5O2. The highest BCUT2D eigenvalue weighted by atomic mass is 19.4. The van der Waals surface area contributed by atoms with Crippen LogP contribution in [0.25, 0.3) is 0 Å². The molecule has 5 atom stereocenters. The van der Waals surface area contributed by atoms with Crippen LogP contribution in [0, 0.1) is 18.8 Å². The summed E-state index contributed by atoms with van der Waals surface area (Å²) in [5.74, 6) is -0.430. The van der Waals surface area contributed by atoms with Gasteiger partial charge >= 0.3 is 6.18 Å². The Morgan fingerprint density at radius 2 is 2.03 bits per heavy atom. The molecule has 1 aromatic heterocycles. The third kappa shape index (κ3) is 6.08. The standard InChI is InChI=1S/C29H34F3N5O2/c1-18-13-19(9-10-33-18)27-23-14-21(15-34-28(23)36-35-27)26(38)8-7-20-16-37(11-12-39-2)17-24(20)22-5-3-4-6-25(22)29(30,31)32/h3-6,9-10,13-15,20,23-24,26,28,36,38H,7-8,11-12,16-17H2,1-2H3/t20?,23?,24-,26?,28?/m1/s1. The highest BCUT2D eigenvalue weighted by molar-refractivity contribution is 6.05. The van der Waals surface area contributed by atoms with Crippen molar-refractivity contribution in [3.63, 3.8) is 0 Å². The number of hydrogen-bond donors (Lipinski definition) is 2. The Morgan fingerprint density at radius 3 is 2.79 bits per heavy atom. The van der Waals surface area contributed by atoms with Gasteiger partial charge in [-0.2, -0.15) is 18.3 Å². The number of benzene rings is 1. The van der Waals surface area contributed by atoms with Gasteiger partial charge in [-0.05, 0) is 55.0 Å². The molecule has 39 heavy (non-hydrogen) atoms. The van der Waals surface area contributed by atoms with E-state index in [2.05, 4.69) is 25.4 Å². The average Bonchev–Trinajstić information content (AvgIpc) is 3.54. The molecule has 4 heterocycles. The topological polar surface area (TPSA) is 82.3 Å². The fraction of sp³-hybridized carbons (Fsp3) is 0.483. The summed E-state index contributed by atoms with van der Waals surface area (Å²) in [6, 6.07) is 9.76. The predicted octanol–water partition coefficient (Wildman–Crippen LogP) is 4.17. The summed E-state index contributed by atoms with van der Waals surface area (Å²) >= 11 is 0. The molecule has 0 spiro atoms. The summed E-state index contributed by atoms with van der Waals surface area (Å²) in [6.07, 6.45) is 1.04. The third-order valence-corrected chi connectivity index (χ3v) is 7.91. The molecule has 1 aromatic carbocycles. The molecule has 0 aliphatic carbocycles. The maximum absolute atomic E-state index is 13.9. The van der Waals surface area contributed by atoms with Crippen LogP contribution in [0.15, 0.2) is 64.3 Å². The molecule has 3 aliphatic rings. The highest BCUT2D eigenvalue weighted by Gasteiger charge is 2.41. The number of likely N-dealkylation sites (tertiary alicyclic amines) is 1. The first-order chi connectivity index (χ1) is 18.7. The van der Waals surface area contributed by atoms with E-state index in [1.807, 2.05) is 25.1 Å². The molecule has 3 aliphatic heterocycles. The van der Waals surface area contributed by atoms with Crippen molar-refractivity contribution < 1.29 is 23.0 Å². The number of aliphatic hydroxyl groups excluding tert-OH is 1. The Balaban J connectivity index is 1.31. The van der Waals surface area contributed by atoms with Crippen LogP contribution >= 0.6 is 0 Å². The fourth-order valence-electron chi connectivity index (χ4n) is 5.94. The number of methoxy groups -OCH3 is 1. The smallest absolute Gasteiger partial charge is 0.388 e. The van der Waals surface area contributed by atoms with E-state index >= 15 is 0 Å². The second-order valence-electron chi connectivity index (χ2n) is 10.5. The Kier molecular flexibility index (Phi) is 8.16. The molecule has 1 fully saturated rings. The number of alkyl halides is 3. The number of pyridine rings is 1. The summed E-state index contributed by atoms with van der Waals surface area (Å²) in [5, 5.41) is 15.6. The first-order valence-electron chi connectivity index (χ1n) is 13.3. The molecule has 2 aromatic rings. The molecular weight excluding hydrogens is 507 g/mol. The normalized spacial score (nSPS) is 25.7. The van der Waals surface area contributed by atoms with Crippen molar-refractivity contribution in [2.24, 2.45) is 21.9 Å². The van der Waals surface area contributed by atoms with Gasteiger partial charge in [0.25, 0.3) is 0 Å². The molecule has 0 saturated carbocycles. The van der Waals surface area contributed by atoms with Gasteiger partial charge in [-0.25, -0.2) is 0 Å². The number of aromatic nitrogens is 1. The monoisotopic (exact) mass is 541 g/mol. The number of aryl methyl sites for hydroxylation is 1. The summed E-state index contributed by atoms with van der Waals surface area (Å²) in [5.41, 5.74) is 6.22. The lowest BCUT2D eigenvalue weighted by molar-refractivity contribution is -0.138. The minimum atomic E-state index is -4.41. The summed E-state index contributed by atoms with van der Waals surface area (Å²) in [4.78, 5) is 11.0. The van der Waals surface area contributed by atoms with Crippen LogP contribution in [-0.4, -0.2) is 72.5 Å². The number of aliphatic hydroxyl groups is 1. The second-order valence-corrected chi connectivity index (χ2v) is 10.5. The number of aliphatic imine (C=N–C) groups is 1. The number of nitrogens with one attached hydrogen (secondary N) is 1. The summed E-state index contributed by atoms with van der Waals surface area (Å²) < 4.78 is 46.8. The summed E-state index contributed by atoms with van der Waals surface area (Å²) in [6.45, 7) is 4.29. The number of rotatable bonds is 9. The number of ether oxygens (including phenoxy) is 1. The van der Waals surface area contributed by atoms with E-state index in [-0.39, 0.29) is 23.9 Å². The van der Waals surface area contributed by atoms with Crippen LogP contribution in [0.3, 0.4) is 0 Å². The van der Waals surface area contributed by atoms with Crippen molar-refractivity contribution in [2.45, 2.75) is 44.1 Å². The number of hydrogen-bond acceptors (Lipinski definition) is 7. The van der Waals surface area contributed by atoms with Gasteiger partial charge in [0, 0.05) is 56.3 Å². The van der Waals surface area contributed by atoms with Crippen LogP contribution in [0.2, 0.25) is 0 Å². The Labute approximate surface area is 226 Å². The van der Waals surface area contributed by atoms with E-state index in [4.69, 9.17) is 4.74 Å². The lowest BCUT2D eigenvalue weighted by Gasteiger charge is -2.25. The molecule has 0 amide bonds. The van der Waals surface area contributed by atoms with Gasteiger partial charge in [-0.15, -0.1) is 0 Å². The van der Waals surface area contributed by atoms with Gasteiger partial charge in [0.15, 0.2) is 0 Å². The lowest BCUT2D eigenvalue weighted by atomic mass is 9.82. The Hall–Kier alpha value is -3.08. The predicted molar refractivity (Wildman–Crippen MR) is 144 cm³/mol. The molecule has 208 valence electrons. The van der Waals surface area contributed by atoms with Crippen molar-refractivity contribution >= 4 is 11.9 Å². The SMILES string of the molecule is COCCN1CC(CCC(O)C2=CC3C(c4ccnc(C)c4)=NNC3N=C2)[C@H](c2ccccc2C(F)(F)F)C1. The number of nitrogens with zero attached hydrogens (tertiary/aromatic N) is 4. The molecule has 0 radical (unpaired) electrons. The first-order valence-corrected chi connectivity index (χ1v) is 13.3. The van der Waals surface area contributed by atoms with Gasteiger partial charge < -0.3 is 14.7 Å². The highest BCUT2D eigenvalue weighted by Crippen LogP contribution is 2.42. The minimum absolute atomic E-state index is 0.0288. The number of hydrazone groups is 1. The van der Waals surface area contributed by atoms with Crippen LogP contribution in [0.5, 0.6) is 0 Å². The number of dihydropyridines is 1. The zero-order valence-corrected chi connectivity index (χ0v) is 22.1. The van der Waals surface area contributed by atoms with E-state index in [0.717, 1.165) is 23.0 Å². The van der Waals surface area contributed by atoms with E-state index in [0.29, 0.717) is 50.2 Å². The number of halogens is 3. The van der Waals surface area contributed by atoms with Gasteiger partial charge in [-0.3, -0.25) is 15.4 Å².